The van der Waals surface area contributed by atoms with Crippen LogP contribution >= 0.6 is 0 Å². The van der Waals surface area contributed by atoms with Gasteiger partial charge in [0, 0.05) is 68.2 Å². The Morgan fingerprint density at radius 1 is 0.975 bits per heavy atom. The Morgan fingerprint density at radius 2 is 1.80 bits per heavy atom. The fourth-order valence-corrected chi connectivity index (χ4v) is 5.62. The van der Waals surface area contributed by atoms with Crippen molar-refractivity contribution >= 4 is 16.6 Å². The lowest BCUT2D eigenvalue weighted by molar-refractivity contribution is 0.0332. The Morgan fingerprint density at radius 3 is 2.62 bits per heavy atom. The molecule has 8 nitrogen and oxygen atoms in total. The lowest BCUT2D eigenvalue weighted by Crippen LogP contribution is -2.36. The van der Waals surface area contributed by atoms with Gasteiger partial charge in [-0.2, -0.15) is 5.10 Å². The van der Waals surface area contributed by atoms with E-state index < -0.39 is 0 Å². The molecule has 208 valence electrons. The highest BCUT2D eigenvalue weighted by Crippen LogP contribution is 2.29. The number of fused-ring (bicyclic) bond motifs is 1. The Balaban J connectivity index is 1.18. The maximum Gasteiger partial charge on any atom is 0.168 e. The number of carbonyl (C=O) groups is 1. The first-order chi connectivity index (χ1) is 19.5. The van der Waals surface area contributed by atoms with Gasteiger partial charge in [-0.05, 0) is 55.1 Å². The van der Waals surface area contributed by atoms with E-state index in [1.165, 1.54) is 5.69 Å². The Kier molecular flexibility index (Phi) is 7.91. The smallest absolute Gasteiger partial charge is 0.168 e. The van der Waals surface area contributed by atoms with Gasteiger partial charge < -0.3 is 14.4 Å². The largest absolute Gasteiger partial charge is 0.490 e. The number of rotatable bonds is 8. The van der Waals surface area contributed by atoms with Crippen LogP contribution in [0.3, 0.4) is 0 Å². The zero-order valence-electron chi connectivity index (χ0n) is 23.4. The molecule has 6 rings (SSSR count). The summed E-state index contributed by atoms with van der Waals surface area (Å²) in [6.45, 7) is 6.31. The normalized spacial score (nSPS) is 17.4. The molecule has 2 fully saturated rings. The molecule has 8 heteroatoms. The standard InChI is InChI=1S/C32H37N5O3/c1-35-10-8-28(9-11-35)40-29-5-3-4-24(18-29)32(38)19-27-17-26-16-23(6-7-25(26)20-33-27)30-21-34-36(2)31(30)22-37-12-14-39-15-13-37/h3-7,16-18,20-21,28H,8-15,19,22H2,1-2H3. The molecule has 0 spiro atoms. The third kappa shape index (κ3) is 6.09. The second-order valence-electron chi connectivity index (χ2n) is 11.0. The summed E-state index contributed by atoms with van der Waals surface area (Å²) < 4.78 is 13.7. The maximum atomic E-state index is 13.2. The fourth-order valence-electron chi connectivity index (χ4n) is 5.62. The molecule has 0 unspecified atom stereocenters. The van der Waals surface area contributed by atoms with Gasteiger partial charge in [-0.1, -0.05) is 24.3 Å². The number of pyridine rings is 1. The van der Waals surface area contributed by atoms with Crippen LogP contribution in [0.1, 0.15) is 34.6 Å². The van der Waals surface area contributed by atoms with Gasteiger partial charge in [0.1, 0.15) is 11.9 Å². The molecule has 0 N–H and O–H groups in total. The van der Waals surface area contributed by atoms with Crippen LogP contribution in [0, 0.1) is 0 Å². The predicted molar refractivity (Wildman–Crippen MR) is 156 cm³/mol. The van der Waals surface area contributed by atoms with E-state index in [9.17, 15) is 4.79 Å². The summed E-state index contributed by atoms with van der Waals surface area (Å²) in [4.78, 5) is 22.6. The first-order valence-corrected chi connectivity index (χ1v) is 14.2. The summed E-state index contributed by atoms with van der Waals surface area (Å²) in [5.74, 6) is 0.803. The first-order valence-electron chi connectivity index (χ1n) is 14.2. The highest BCUT2D eigenvalue weighted by molar-refractivity contribution is 5.98. The number of morpholine rings is 1. The molecule has 0 amide bonds. The molecule has 4 heterocycles. The van der Waals surface area contributed by atoms with E-state index in [0.29, 0.717) is 5.56 Å². The molecular formula is C32H37N5O3. The zero-order valence-corrected chi connectivity index (χ0v) is 23.4. The Hall–Kier alpha value is -3.59. The lowest BCUT2D eigenvalue weighted by atomic mass is 10.0. The fraction of sp³-hybridized carbons (Fsp3) is 0.406. The maximum absolute atomic E-state index is 13.2. The quantitative estimate of drug-likeness (QED) is 0.308. The number of benzene rings is 2. The van der Waals surface area contributed by atoms with Crippen LogP contribution in [0.4, 0.5) is 0 Å². The molecule has 2 saturated heterocycles. The average molecular weight is 540 g/mol. The molecular weight excluding hydrogens is 502 g/mol. The summed E-state index contributed by atoms with van der Waals surface area (Å²) in [5, 5.41) is 6.68. The number of aryl methyl sites for hydroxylation is 1. The molecule has 2 aliphatic heterocycles. The SMILES string of the molecule is CN1CCC(Oc2cccc(C(=O)Cc3cc4cc(-c5cnn(C)c5CN5CCOCC5)ccc4cn3)c2)CC1. The minimum Gasteiger partial charge on any atom is -0.490 e. The van der Waals surface area contributed by atoms with Gasteiger partial charge >= 0.3 is 0 Å². The minimum absolute atomic E-state index is 0.0388. The van der Waals surface area contributed by atoms with E-state index in [1.54, 1.807) is 0 Å². The van der Waals surface area contributed by atoms with Crippen molar-refractivity contribution in [3.8, 4) is 16.9 Å². The molecule has 0 atom stereocenters. The average Bonchev–Trinajstić information content (AvgIpc) is 3.34. The van der Waals surface area contributed by atoms with Crippen LogP contribution in [0.5, 0.6) is 5.75 Å². The summed E-state index contributed by atoms with van der Waals surface area (Å²) in [6, 6.07) is 16.0. The molecule has 2 aromatic carbocycles. The van der Waals surface area contributed by atoms with Crippen molar-refractivity contribution in [1.29, 1.82) is 0 Å². The van der Waals surface area contributed by atoms with E-state index in [0.717, 1.165) is 92.1 Å². The summed E-state index contributed by atoms with van der Waals surface area (Å²) in [5.41, 5.74) is 4.85. The third-order valence-electron chi connectivity index (χ3n) is 8.09. The van der Waals surface area contributed by atoms with Gasteiger partial charge in [-0.25, -0.2) is 0 Å². The molecule has 4 aromatic rings. The van der Waals surface area contributed by atoms with Gasteiger partial charge in [0.25, 0.3) is 0 Å². The number of ketones is 1. The molecule has 0 radical (unpaired) electrons. The minimum atomic E-state index is 0.0388. The van der Waals surface area contributed by atoms with Gasteiger partial charge in [0.05, 0.1) is 31.5 Å². The molecule has 2 aromatic heterocycles. The summed E-state index contributed by atoms with van der Waals surface area (Å²) in [7, 11) is 4.14. The van der Waals surface area contributed by atoms with Crippen molar-refractivity contribution in [1.82, 2.24) is 24.6 Å². The van der Waals surface area contributed by atoms with Crippen LogP contribution in [0.25, 0.3) is 21.9 Å². The van der Waals surface area contributed by atoms with Crippen LogP contribution in [0.2, 0.25) is 0 Å². The van der Waals surface area contributed by atoms with E-state index in [-0.39, 0.29) is 18.3 Å². The van der Waals surface area contributed by atoms with E-state index in [2.05, 4.69) is 45.1 Å². The van der Waals surface area contributed by atoms with Crippen molar-refractivity contribution in [2.24, 2.45) is 7.05 Å². The number of carbonyl (C=O) groups excluding carboxylic acids is 1. The lowest BCUT2D eigenvalue weighted by Gasteiger charge is -2.29. The predicted octanol–water partition coefficient (Wildman–Crippen LogP) is 4.37. The number of piperidine rings is 1. The number of likely N-dealkylation sites (tertiary alicyclic amines) is 1. The summed E-state index contributed by atoms with van der Waals surface area (Å²) in [6.07, 6.45) is 6.26. The van der Waals surface area contributed by atoms with Crippen molar-refractivity contribution in [2.45, 2.75) is 31.9 Å². The monoisotopic (exact) mass is 539 g/mol. The molecule has 0 saturated carbocycles. The van der Waals surface area contributed by atoms with Crippen LogP contribution in [-0.2, 0) is 24.8 Å². The highest BCUT2D eigenvalue weighted by Gasteiger charge is 2.20. The van der Waals surface area contributed by atoms with Crippen molar-refractivity contribution < 1.29 is 14.3 Å². The molecule has 0 aliphatic carbocycles. The Bertz CT molecular complexity index is 1490. The molecule has 2 aliphatic rings. The second-order valence-corrected chi connectivity index (χ2v) is 11.0. The topological polar surface area (TPSA) is 72.7 Å². The van der Waals surface area contributed by atoms with Crippen LogP contribution in [-0.4, -0.2) is 82.9 Å². The van der Waals surface area contributed by atoms with E-state index in [1.807, 2.05) is 54.5 Å². The highest BCUT2D eigenvalue weighted by atomic mass is 16.5. The third-order valence-corrected chi connectivity index (χ3v) is 8.09. The van der Waals surface area contributed by atoms with Crippen LogP contribution < -0.4 is 4.74 Å². The number of ether oxygens (including phenoxy) is 2. The number of hydrogen-bond acceptors (Lipinski definition) is 7. The Labute approximate surface area is 235 Å². The number of Topliss-reactive ketones (excluding diaryl/α,β-unsaturated/α-hetero) is 1. The van der Waals surface area contributed by atoms with Crippen molar-refractivity contribution in [2.75, 3.05) is 46.4 Å². The zero-order chi connectivity index (χ0) is 27.5. The number of aromatic nitrogens is 3. The summed E-state index contributed by atoms with van der Waals surface area (Å²) >= 11 is 0. The second kappa shape index (κ2) is 11.9. The van der Waals surface area contributed by atoms with E-state index in [4.69, 9.17) is 9.47 Å². The molecule has 0 bridgehead atoms. The van der Waals surface area contributed by atoms with Gasteiger partial charge in [0.15, 0.2) is 5.78 Å². The van der Waals surface area contributed by atoms with Gasteiger partial charge in [-0.15, -0.1) is 0 Å². The molecule has 40 heavy (non-hydrogen) atoms. The number of nitrogens with zero attached hydrogens (tertiary/aromatic N) is 5. The van der Waals surface area contributed by atoms with Crippen molar-refractivity contribution in [3.63, 3.8) is 0 Å². The van der Waals surface area contributed by atoms with Gasteiger partial charge in [0.2, 0.25) is 0 Å². The van der Waals surface area contributed by atoms with Crippen molar-refractivity contribution in [3.05, 3.63) is 77.9 Å². The van der Waals surface area contributed by atoms with E-state index >= 15 is 0 Å². The first kappa shape index (κ1) is 26.6. The van der Waals surface area contributed by atoms with Crippen LogP contribution in [0.15, 0.2) is 60.9 Å². The number of hydrogen-bond donors (Lipinski definition) is 0. The van der Waals surface area contributed by atoms with Gasteiger partial charge in [-0.3, -0.25) is 19.4 Å².